The highest BCUT2D eigenvalue weighted by atomic mass is 19.4. The summed E-state index contributed by atoms with van der Waals surface area (Å²) in [6, 6.07) is 0.850. The third-order valence-electron chi connectivity index (χ3n) is 3.23. The van der Waals surface area contributed by atoms with E-state index in [0.29, 0.717) is 19.4 Å². The molecule has 5 nitrogen and oxygen atoms in total. The molecule has 20 heavy (non-hydrogen) atoms. The van der Waals surface area contributed by atoms with Crippen LogP contribution in [0.4, 0.5) is 24.9 Å². The van der Waals surface area contributed by atoms with E-state index in [1.807, 2.05) is 0 Å². The van der Waals surface area contributed by atoms with Crippen LogP contribution in [0.25, 0.3) is 0 Å². The molecule has 3 N–H and O–H groups in total. The molecule has 0 radical (unpaired) electrons. The van der Waals surface area contributed by atoms with E-state index in [4.69, 9.17) is 0 Å². The molecular weight excluding hydrogens is 273 g/mol. The van der Waals surface area contributed by atoms with E-state index in [1.165, 1.54) is 0 Å². The molecular formula is C12H17F3N4O. The summed E-state index contributed by atoms with van der Waals surface area (Å²) < 4.78 is 38.2. The minimum absolute atomic E-state index is 0.0589. The predicted molar refractivity (Wildman–Crippen MR) is 68.5 cm³/mol. The summed E-state index contributed by atoms with van der Waals surface area (Å²) in [4.78, 5) is 7.38. The number of nitrogens with one attached hydrogen (secondary N) is 2. The SMILES string of the molecule is CCNc1nc(NCC2(O)CCC2)cc(C(F)(F)F)n1. The molecule has 0 aromatic carbocycles. The van der Waals surface area contributed by atoms with Crippen molar-refractivity contribution in [2.45, 2.75) is 38.0 Å². The second-order valence-corrected chi connectivity index (χ2v) is 4.92. The highest BCUT2D eigenvalue weighted by Gasteiger charge is 2.36. The first-order chi connectivity index (χ1) is 9.32. The van der Waals surface area contributed by atoms with Crippen LogP contribution in [0.15, 0.2) is 6.07 Å². The van der Waals surface area contributed by atoms with Gasteiger partial charge in [-0.15, -0.1) is 0 Å². The number of hydrogen-bond donors (Lipinski definition) is 3. The van der Waals surface area contributed by atoms with Gasteiger partial charge in [-0.05, 0) is 26.2 Å². The van der Waals surface area contributed by atoms with E-state index in [1.54, 1.807) is 6.92 Å². The van der Waals surface area contributed by atoms with Crippen molar-refractivity contribution in [3.05, 3.63) is 11.8 Å². The first-order valence-electron chi connectivity index (χ1n) is 6.49. The zero-order valence-electron chi connectivity index (χ0n) is 11.1. The van der Waals surface area contributed by atoms with Gasteiger partial charge in [-0.2, -0.15) is 18.2 Å². The first-order valence-corrected chi connectivity index (χ1v) is 6.49. The summed E-state index contributed by atoms with van der Waals surface area (Å²) >= 11 is 0. The fraction of sp³-hybridized carbons (Fsp3) is 0.667. The molecule has 1 aliphatic carbocycles. The minimum atomic E-state index is -4.53. The fourth-order valence-electron chi connectivity index (χ4n) is 1.94. The van der Waals surface area contributed by atoms with E-state index in [0.717, 1.165) is 12.5 Å². The summed E-state index contributed by atoms with van der Waals surface area (Å²) in [5.74, 6) is -0.0194. The second-order valence-electron chi connectivity index (χ2n) is 4.92. The predicted octanol–water partition coefficient (Wildman–Crippen LogP) is 2.25. The average Bonchev–Trinajstić information content (AvgIpc) is 2.33. The Morgan fingerprint density at radius 3 is 2.50 bits per heavy atom. The topological polar surface area (TPSA) is 70.1 Å². The molecule has 1 aromatic rings. The van der Waals surface area contributed by atoms with Crippen LogP contribution < -0.4 is 10.6 Å². The second kappa shape index (κ2) is 5.43. The largest absolute Gasteiger partial charge is 0.433 e. The molecule has 2 rings (SSSR count). The summed E-state index contributed by atoms with van der Waals surface area (Å²) in [6.07, 6.45) is -2.30. The summed E-state index contributed by atoms with van der Waals surface area (Å²) in [7, 11) is 0. The molecule has 0 atom stereocenters. The number of halogens is 3. The van der Waals surface area contributed by atoms with Crippen LogP contribution in [0.2, 0.25) is 0 Å². The van der Waals surface area contributed by atoms with Crippen LogP contribution in [0, 0.1) is 0 Å². The Labute approximate surface area is 114 Å². The van der Waals surface area contributed by atoms with Crippen molar-refractivity contribution < 1.29 is 18.3 Å². The van der Waals surface area contributed by atoms with Gasteiger partial charge in [-0.3, -0.25) is 0 Å². The van der Waals surface area contributed by atoms with Gasteiger partial charge in [0.1, 0.15) is 5.82 Å². The van der Waals surface area contributed by atoms with Crippen molar-refractivity contribution in [1.82, 2.24) is 9.97 Å². The van der Waals surface area contributed by atoms with Crippen LogP contribution in [0.1, 0.15) is 31.9 Å². The maximum absolute atomic E-state index is 12.7. The smallest absolute Gasteiger partial charge is 0.388 e. The van der Waals surface area contributed by atoms with Crippen molar-refractivity contribution in [2.24, 2.45) is 0 Å². The molecule has 0 bridgehead atoms. The summed E-state index contributed by atoms with van der Waals surface area (Å²) in [6.45, 7) is 2.35. The van der Waals surface area contributed by atoms with Gasteiger partial charge in [-0.25, -0.2) is 4.98 Å². The van der Waals surface area contributed by atoms with Crippen LogP contribution >= 0.6 is 0 Å². The van der Waals surface area contributed by atoms with E-state index >= 15 is 0 Å². The molecule has 112 valence electrons. The van der Waals surface area contributed by atoms with Crippen LogP contribution in [0.3, 0.4) is 0 Å². The molecule has 0 amide bonds. The number of anilines is 2. The maximum atomic E-state index is 12.7. The average molecular weight is 290 g/mol. The van der Waals surface area contributed by atoms with Gasteiger partial charge in [0.05, 0.1) is 5.60 Å². The quantitative estimate of drug-likeness (QED) is 0.776. The number of alkyl halides is 3. The van der Waals surface area contributed by atoms with Crippen molar-refractivity contribution in [3.8, 4) is 0 Å². The normalized spacial score (nSPS) is 17.4. The Kier molecular flexibility index (Phi) is 4.03. The number of rotatable bonds is 5. The summed E-state index contributed by atoms with van der Waals surface area (Å²) in [5, 5.41) is 15.3. The third-order valence-corrected chi connectivity index (χ3v) is 3.23. The molecule has 0 unspecified atom stereocenters. The number of aliphatic hydroxyl groups is 1. The van der Waals surface area contributed by atoms with Crippen LogP contribution in [0.5, 0.6) is 0 Å². The molecule has 1 heterocycles. The Balaban J connectivity index is 2.15. The van der Waals surface area contributed by atoms with Gasteiger partial charge in [0.2, 0.25) is 5.95 Å². The van der Waals surface area contributed by atoms with Gasteiger partial charge < -0.3 is 15.7 Å². The Morgan fingerprint density at radius 2 is 2.00 bits per heavy atom. The fourth-order valence-corrected chi connectivity index (χ4v) is 1.94. The molecule has 1 fully saturated rings. The number of nitrogens with zero attached hydrogens (tertiary/aromatic N) is 2. The maximum Gasteiger partial charge on any atom is 0.433 e. The monoisotopic (exact) mass is 290 g/mol. The van der Waals surface area contributed by atoms with Gasteiger partial charge in [0.15, 0.2) is 5.69 Å². The zero-order valence-corrected chi connectivity index (χ0v) is 11.1. The zero-order chi connectivity index (χ0) is 14.8. The number of aromatic nitrogens is 2. The standard InChI is InChI=1S/C12H17F3N4O/c1-2-16-10-18-8(12(13,14)15)6-9(19-10)17-7-11(20)4-3-5-11/h6,20H,2-5,7H2,1H3,(H2,16,17,18,19). The van der Waals surface area contributed by atoms with Crippen LogP contribution in [-0.2, 0) is 6.18 Å². The Hall–Kier alpha value is -1.57. The molecule has 8 heteroatoms. The first kappa shape index (κ1) is 14.8. The Morgan fingerprint density at radius 1 is 1.30 bits per heavy atom. The molecule has 1 aliphatic rings. The lowest BCUT2D eigenvalue weighted by Crippen LogP contribution is -2.43. The molecule has 1 aromatic heterocycles. The molecule has 1 saturated carbocycles. The van der Waals surface area contributed by atoms with Gasteiger partial charge in [0.25, 0.3) is 0 Å². The lowest BCUT2D eigenvalue weighted by molar-refractivity contribution is -0.141. The van der Waals surface area contributed by atoms with Crippen molar-refractivity contribution in [3.63, 3.8) is 0 Å². The highest BCUT2D eigenvalue weighted by Crippen LogP contribution is 2.33. The van der Waals surface area contributed by atoms with Crippen LogP contribution in [-0.4, -0.2) is 33.8 Å². The molecule has 0 aliphatic heterocycles. The minimum Gasteiger partial charge on any atom is -0.388 e. The van der Waals surface area contributed by atoms with E-state index in [9.17, 15) is 18.3 Å². The van der Waals surface area contributed by atoms with E-state index in [2.05, 4.69) is 20.6 Å². The number of hydrogen-bond acceptors (Lipinski definition) is 5. The highest BCUT2D eigenvalue weighted by molar-refractivity contribution is 5.43. The van der Waals surface area contributed by atoms with Gasteiger partial charge in [-0.1, -0.05) is 0 Å². The van der Waals surface area contributed by atoms with E-state index in [-0.39, 0.29) is 18.3 Å². The third kappa shape index (κ3) is 3.50. The van der Waals surface area contributed by atoms with Gasteiger partial charge >= 0.3 is 6.18 Å². The van der Waals surface area contributed by atoms with Crippen molar-refractivity contribution in [2.75, 3.05) is 23.7 Å². The lowest BCUT2D eigenvalue weighted by atomic mass is 9.80. The molecule has 0 saturated heterocycles. The van der Waals surface area contributed by atoms with Gasteiger partial charge in [0, 0.05) is 19.2 Å². The lowest BCUT2D eigenvalue weighted by Gasteiger charge is -2.36. The Bertz CT molecular complexity index is 474. The summed E-state index contributed by atoms with van der Waals surface area (Å²) in [5.41, 5.74) is -1.84. The van der Waals surface area contributed by atoms with Crippen molar-refractivity contribution >= 4 is 11.8 Å². The van der Waals surface area contributed by atoms with Crippen molar-refractivity contribution in [1.29, 1.82) is 0 Å². The molecule has 0 spiro atoms. The van der Waals surface area contributed by atoms with E-state index < -0.39 is 17.5 Å².